The molecule has 0 radical (unpaired) electrons. The Kier molecular flexibility index (Phi) is 5.09. The Hall–Kier alpha value is -2.81. The standard InChI is InChI=1S/C21H23F3N4O2/c1-11-7-13(21(22,23)24)9-16(29)17(11)15-8-12(2)18-19(26-15)27-20(30-18)25-14-5-4-6-28(3)10-14/h7-9,14,29H,4-6,10H2,1-3H3,(H,25,26,27)/t14-/m1/s1. The van der Waals surface area contributed by atoms with Crippen LogP contribution in [0.2, 0.25) is 0 Å². The number of piperidine rings is 1. The maximum absolute atomic E-state index is 13.0. The van der Waals surface area contributed by atoms with E-state index in [-0.39, 0.29) is 17.2 Å². The van der Waals surface area contributed by atoms with E-state index in [0.29, 0.717) is 22.9 Å². The van der Waals surface area contributed by atoms with Crippen LogP contribution in [-0.2, 0) is 6.18 Å². The highest BCUT2D eigenvalue weighted by Crippen LogP contribution is 2.39. The van der Waals surface area contributed by atoms with Gasteiger partial charge in [0.2, 0.25) is 5.65 Å². The molecule has 1 aliphatic heterocycles. The Morgan fingerprint density at radius 1 is 1.17 bits per heavy atom. The third-order valence-electron chi connectivity index (χ3n) is 5.40. The summed E-state index contributed by atoms with van der Waals surface area (Å²) < 4.78 is 44.9. The summed E-state index contributed by atoms with van der Waals surface area (Å²) >= 11 is 0. The highest BCUT2D eigenvalue weighted by atomic mass is 19.4. The van der Waals surface area contributed by atoms with Crippen molar-refractivity contribution >= 4 is 17.2 Å². The number of aromatic hydroxyl groups is 1. The molecule has 4 rings (SSSR count). The molecule has 30 heavy (non-hydrogen) atoms. The van der Waals surface area contributed by atoms with E-state index in [9.17, 15) is 18.3 Å². The van der Waals surface area contributed by atoms with Crippen molar-refractivity contribution in [2.75, 3.05) is 25.5 Å². The van der Waals surface area contributed by atoms with E-state index in [4.69, 9.17) is 4.42 Å². The predicted octanol–water partition coefficient (Wildman–Crippen LogP) is 4.74. The van der Waals surface area contributed by atoms with Crippen LogP contribution in [-0.4, -0.2) is 46.2 Å². The van der Waals surface area contributed by atoms with E-state index < -0.39 is 17.5 Å². The molecule has 0 aliphatic carbocycles. The normalized spacial score (nSPS) is 18.1. The van der Waals surface area contributed by atoms with Crippen LogP contribution >= 0.6 is 0 Å². The molecule has 2 aromatic heterocycles. The van der Waals surface area contributed by atoms with Gasteiger partial charge in [0, 0.05) is 18.2 Å². The SMILES string of the molecule is Cc1cc(C(F)(F)F)cc(O)c1-c1cc(C)c2oc(N[C@@H]3CCCN(C)C3)nc2n1. The minimum Gasteiger partial charge on any atom is -0.507 e. The molecule has 6 nitrogen and oxygen atoms in total. The lowest BCUT2D eigenvalue weighted by atomic mass is 9.99. The van der Waals surface area contributed by atoms with Gasteiger partial charge in [0.25, 0.3) is 6.01 Å². The minimum absolute atomic E-state index is 0.220. The van der Waals surface area contributed by atoms with Crippen LogP contribution in [0.15, 0.2) is 22.6 Å². The number of phenolic OH excluding ortho intramolecular Hbond substituents is 1. The molecule has 1 atom stereocenters. The van der Waals surface area contributed by atoms with Crippen LogP contribution in [0.1, 0.15) is 29.5 Å². The highest BCUT2D eigenvalue weighted by molar-refractivity contribution is 5.81. The van der Waals surface area contributed by atoms with Crippen LogP contribution < -0.4 is 5.32 Å². The number of anilines is 1. The number of likely N-dealkylation sites (N-methyl/N-ethyl adjacent to an activating group) is 1. The number of pyridine rings is 1. The van der Waals surface area contributed by atoms with Crippen LogP contribution in [0.25, 0.3) is 22.5 Å². The summed E-state index contributed by atoms with van der Waals surface area (Å²) in [5.74, 6) is -0.472. The van der Waals surface area contributed by atoms with Crippen LogP contribution in [0, 0.1) is 13.8 Å². The molecule has 0 spiro atoms. The maximum Gasteiger partial charge on any atom is 0.416 e. The number of benzene rings is 1. The highest BCUT2D eigenvalue weighted by Gasteiger charge is 2.32. The zero-order valence-corrected chi connectivity index (χ0v) is 17.0. The van der Waals surface area contributed by atoms with E-state index in [1.54, 1.807) is 6.07 Å². The monoisotopic (exact) mass is 420 g/mol. The van der Waals surface area contributed by atoms with E-state index in [0.717, 1.165) is 43.6 Å². The zero-order chi connectivity index (χ0) is 21.6. The van der Waals surface area contributed by atoms with Gasteiger partial charge in [-0.25, -0.2) is 4.98 Å². The van der Waals surface area contributed by atoms with Crippen molar-refractivity contribution in [1.29, 1.82) is 0 Å². The summed E-state index contributed by atoms with van der Waals surface area (Å²) in [5.41, 5.74) is 1.56. The van der Waals surface area contributed by atoms with E-state index in [1.807, 2.05) is 6.92 Å². The Bertz CT molecular complexity index is 1070. The fourth-order valence-electron chi connectivity index (χ4n) is 3.98. The summed E-state index contributed by atoms with van der Waals surface area (Å²) in [4.78, 5) is 11.1. The number of nitrogens with zero attached hydrogens (tertiary/aromatic N) is 3. The summed E-state index contributed by atoms with van der Waals surface area (Å²) in [6.45, 7) is 5.27. The molecule has 3 aromatic rings. The largest absolute Gasteiger partial charge is 0.507 e. The number of fused-ring (bicyclic) bond motifs is 1. The van der Waals surface area contributed by atoms with Gasteiger partial charge < -0.3 is 19.7 Å². The molecule has 0 amide bonds. The van der Waals surface area contributed by atoms with Gasteiger partial charge in [-0.2, -0.15) is 18.2 Å². The molecule has 1 aliphatic rings. The number of oxazole rings is 1. The van der Waals surface area contributed by atoms with Gasteiger partial charge in [0.15, 0.2) is 5.58 Å². The first-order valence-electron chi connectivity index (χ1n) is 9.76. The lowest BCUT2D eigenvalue weighted by Gasteiger charge is -2.29. The topological polar surface area (TPSA) is 74.4 Å². The number of aromatic nitrogens is 2. The molecule has 0 unspecified atom stereocenters. The average molecular weight is 420 g/mol. The van der Waals surface area contributed by atoms with Crippen LogP contribution in [0.3, 0.4) is 0 Å². The van der Waals surface area contributed by atoms with E-state index in [1.165, 1.54) is 6.92 Å². The maximum atomic E-state index is 13.0. The van der Waals surface area contributed by atoms with E-state index in [2.05, 4.69) is 27.2 Å². The van der Waals surface area contributed by atoms with E-state index >= 15 is 0 Å². The fraction of sp³-hybridized carbons (Fsp3) is 0.429. The average Bonchev–Trinajstić information content (AvgIpc) is 3.03. The lowest BCUT2D eigenvalue weighted by Crippen LogP contribution is -2.39. The number of hydrogen-bond acceptors (Lipinski definition) is 6. The van der Waals surface area contributed by atoms with Gasteiger partial charge in [-0.1, -0.05) is 0 Å². The smallest absolute Gasteiger partial charge is 0.416 e. The number of rotatable bonds is 3. The number of nitrogens with one attached hydrogen (secondary N) is 1. The third-order valence-corrected chi connectivity index (χ3v) is 5.40. The molecule has 160 valence electrons. The zero-order valence-electron chi connectivity index (χ0n) is 17.0. The van der Waals surface area contributed by atoms with Gasteiger partial charge in [0.1, 0.15) is 5.75 Å². The summed E-state index contributed by atoms with van der Waals surface area (Å²) in [7, 11) is 2.07. The fourth-order valence-corrected chi connectivity index (χ4v) is 3.98. The van der Waals surface area contributed by atoms with Crippen molar-refractivity contribution < 1.29 is 22.7 Å². The summed E-state index contributed by atoms with van der Waals surface area (Å²) in [5, 5.41) is 13.6. The summed E-state index contributed by atoms with van der Waals surface area (Å²) in [6.07, 6.45) is -2.43. The van der Waals surface area contributed by atoms with Gasteiger partial charge >= 0.3 is 6.18 Å². The van der Waals surface area contributed by atoms with Crippen molar-refractivity contribution in [3.63, 3.8) is 0 Å². The van der Waals surface area contributed by atoms with Gasteiger partial charge in [-0.05, 0) is 69.6 Å². The molecule has 0 saturated carbocycles. The molecular formula is C21H23F3N4O2. The molecule has 3 heterocycles. The second kappa shape index (κ2) is 7.46. The predicted molar refractivity (Wildman–Crippen MR) is 108 cm³/mol. The van der Waals surface area contributed by atoms with Gasteiger partial charge in [-0.3, -0.25) is 0 Å². The quantitative estimate of drug-likeness (QED) is 0.638. The van der Waals surface area contributed by atoms with Gasteiger partial charge in [-0.15, -0.1) is 0 Å². The Labute approximate surface area is 171 Å². The number of likely N-dealkylation sites (tertiary alicyclic amines) is 1. The lowest BCUT2D eigenvalue weighted by molar-refractivity contribution is -0.137. The molecule has 2 N–H and O–H groups in total. The molecule has 1 aromatic carbocycles. The number of hydrogen-bond donors (Lipinski definition) is 2. The molecule has 1 saturated heterocycles. The van der Waals surface area contributed by atoms with Crippen LogP contribution in [0.4, 0.5) is 19.2 Å². The van der Waals surface area contributed by atoms with Crippen molar-refractivity contribution in [3.8, 4) is 17.0 Å². The Morgan fingerprint density at radius 3 is 2.60 bits per heavy atom. The summed E-state index contributed by atoms with van der Waals surface area (Å²) in [6, 6.07) is 4.00. The first-order valence-corrected chi connectivity index (χ1v) is 9.76. The Morgan fingerprint density at radius 2 is 1.93 bits per heavy atom. The third kappa shape index (κ3) is 3.94. The first-order chi connectivity index (χ1) is 14.1. The van der Waals surface area contributed by atoms with Crippen molar-refractivity contribution in [2.24, 2.45) is 0 Å². The molecule has 1 fully saturated rings. The van der Waals surface area contributed by atoms with Crippen molar-refractivity contribution in [3.05, 3.63) is 34.9 Å². The molecule has 9 heteroatoms. The number of aryl methyl sites for hydroxylation is 2. The van der Waals surface area contributed by atoms with Gasteiger partial charge in [0.05, 0.1) is 11.3 Å². The van der Waals surface area contributed by atoms with Crippen molar-refractivity contribution in [1.82, 2.24) is 14.9 Å². The second-order valence-corrected chi connectivity index (χ2v) is 7.93. The first kappa shape index (κ1) is 20.5. The number of phenols is 1. The molecular weight excluding hydrogens is 397 g/mol. The molecule has 0 bridgehead atoms. The number of halogens is 3. The minimum atomic E-state index is -4.53. The second-order valence-electron chi connectivity index (χ2n) is 7.93. The Balaban J connectivity index is 1.70. The van der Waals surface area contributed by atoms with Crippen LogP contribution in [0.5, 0.6) is 5.75 Å². The van der Waals surface area contributed by atoms with Crippen molar-refractivity contribution in [2.45, 2.75) is 38.9 Å². The number of alkyl halides is 3.